The summed E-state index contributed by atoms with van der Waals surface area (Å²) >= 11 is 0. The lowest BCUT2D eigenvalue weighted by Crippen LogP contribution is -2.38. The highest BCUT2D eigenvalue weighted by Crippen LogP contribution is 2.12. The second-order valence-electron chi connectivity index (χ2n) is 4.06. The standard InChI is InChI=1S/C11H23NO5S/c1-4-9(5-2)10(13)7-12-18(15,16)8-11(14)17-6-3/h9-10,12-13H,4-8H2,1-3H3. The zero-order chi connectivity index (χ0) is 14.2. The first-order valence-corrected chi connectivity index (χ1v) is 7.82. The van der Waals surface area contributed by atoms with E-state index in [0.717, 1.165) is 12.8 Å². The number of carbonyl (C=O) groups is 1. The normalized spacial score (nSPS) is 13.6. The highest BCUT2D eigenvalue weighted by molar-refractivity contribution is 7.90. The van der Waals surface area contributed by atoms with Crippen LogP contribution in [0.5, 0.6) is 0 Å². The summed E-state index contributed by atoms with van der Waals surface area (Å²) in [4.78, 5) is 11.0. The molecule has 18 heavy (non-hydrogen) atoms. The molecule has 0 fully saturated rings. The third-order valence-electron chi connectivity index (χ3n) is 2.72. The number of hydrogen-bond donors (Lipinski definition) is 2. The van der Waals surface area contributed by atoms with Gasteiger partial charge in [0.15, 0.2) is 5.75 Å². The molecule has 1 unspecified atom stereocenters. The molecule has 2 N–H and O–H groups in total. The Morgan fingerprint density at radius 1 is 1.28 bits per heavy atom. The third kappa shape index (κ3) is 6.93. The molecule has 0 saturated heterocycles. The average molecular weight is 281 g/mol. The summed E-state index contributed by atoms with van der Waals surface area (Å²) in [6.07, 6.45) is 0.811. The van der Waals surface area contributed by atoms with Gasteiger partial charge in [0.1, 0.15) is 0 Å². The predicted octanol–water partition coefficient (Wildman–Crippen LogP) is 0.266. The molecule has 1 atom stereocenters. The Bertz CT molecular complexity index is 337. The van der Waals surface area contributed by atoms with Gasteiger partial charge in [-0.1, -0.05) is 26.7 Å². The summed E-state index contributed by atoms with van der Waals surface area (Å²) in [6.45, 7) is 5.54. The first kappa shape index (κ1) is 17.3. The molecule has 0 aromatic carbocycles. The Morgan fingerprint density at radius 2 is 1.83 bits per heavy atom. The summed E-state index contributed by atoms with van der Waals surface area (Å²) in [5.41, 5.74) is 0. The lowest BCUT2D eigenvalue weighted by atomic mass is 9.97. The van der Waals surface area contributed by atoms with Crippen LogP contribution < -0.4 is 4.72 Å². The van der Waals surface area contributed by atoms with E-state index in [4.69, 9.17) is 0 Å². The smallest absolute Gasteiger partial charge is 0.322 e. The van der Waals surface area contributed by atoms with Gasteiger partial charge in [-0.25, -0.2) is 13.1 Å². The first-order valence-electron chi connectivity index (χ1n) is 6.17. The SMILES string of the molecule is CCOC(=O)CS(=O)(=O)NCC(O)C(CC)CC. The van der Waals surface area contributed by atoms with Gasteiger partial charge in [-0.2, -0.15) is 0 Å². The third-order valence-corrected chi connectivity index (χ3v) is 3.94. The fourth-order valence-corrected chi connectivity index (χ4v) is 2.54. The molecular weight excluding hydrogens is 258 g/mol. The molecular formula is C11H23NO5S. The molecule has 0 aliphatic carbocycles. The van der Waals surface area contributed by atoms with Crippen molar-refractivity contribution in [2.24, 2.45) is 5.92 Å². The van der Waals surface area contributed by atoms with E-state index < -0.39 is 27.8 Å². The Morgan fingerprint density at radius 3 is 2.28 bits per heavy atom. The van der Waals surface area contributed by atoms with E-state index in [1.54, 1.807) is 6.92 Å². The van der Waals surface area contributed by atoms with Crippen molar-refractivity contribution in [2.45, 2.75) is 39.7 Å². The maximum absolute atomic E-state index is 11.5. The van der Waals surface area contributed by atoms with Crippen molar-refractivity contribution < 1.29 is 23.1 Å². The molecule has 0 amide bonds. The number of rotatable bonds is 9. The molecule has 108 valence electrons. The van der Waals surface area contributed by atoms with E-state index in [9.17, 15) is 18.3 Å². The number of aliphatic hydroxyl groups excluding tert-OH is 1. The molecule has 0 heterocycles. The topological polar surface area (TPSA) is 92.7 Å². The summed E-state index contributed by atoms with van der Waals surface area (Å²) in [6, 6.07) is 0. The van der Waals surface area contributed by atoms with E-state index in [2.05, 4.69) is 9.46 Å². The Labute approximate surface area is 109 Å². The summed E-state index contributed by atoms with van der Waals surface area (Å²) in [5, 5.41) is 9.77. The van der Waals surface area contributed by atoms with Crippen LogP contribution in [0.4, 0.5) is 0 Å². The van der Waals surface area contributed by atoms with Crippen LogP contribution in [-0.2, 0) is 19.6 Å². The highest BCUT2D eigenvalue weighted by Gasteiger charge is 2.21. The molecule has 0 aromatic heterocycles. The van der Waals surface area contributed by atoms with Gasteiger partial charge in [0, 0.05) is 6.54 Å². The fraction of sp³-hybridized carbons (Fsp3) is 0.909. The van der Waals surface area contributed by atoms with Gasteiger partial charge < -0.3 is 9.84 Å². The zero-order valence-electron chi connectivity index (χ0n) is 11.2. The second-order valence-corrected chi connectivity index (χ2v) is 5.86. The molecule has 0 rings (SSSR count). The van der Waals surface area contributed by atoms with Gasteiger partial charge in [0.05, 0.1) is 12.7 Å². The molecule has 0 aliphatic rings. The number of sulfonamides is 1. The number of carbonyl (C=O) groups excluding carboxylic acids is 1. The van der Waals surface area contributed by atoms with E-state index in [1.165, 1.54) is 0 Å². The van der Waals surface area contributed by atoms with Crippen LogP contribution in [0.15, 0.2) is 0 Å². The van der Waals surface area contributed by atoms with E-state index in [1.807, 2.05) is 13.8 Å². The van der Waals surface area contributed by atoms with Crippen LogP contribution in [0.3, 0.4) is 0 Å². The van der Waals surface area contributed by atoms with E-state index >= 15 is 0 Å². The van der Waals surface area contributed by atoms with Gasteiger partial charge in [-0.15, -0.1) is 0 Å². The average Bonchev–Trinajstić information content (AvgIpc) is 2.27. The molecule has 6 nitrogen and oxygen atoms in total. The Hall–Kier alpha value is -0.660. The van der Waals surface area contributed by atoms with Crippen molar-refractivity contribution in [3.8, 4) is 0 Å². The quantitative estimate of drug-likeness (QED) is 0.592. The molecule has 0 radical (unpaired) electrons. The van der Waals surface area contributed by atoms with Crippen molar-refractivity contribution in [2.75, 3.05) is 18.9 Å². The molecule has 0 aliphatic heterocycles. The fourth-order valence-electron chi connectivity index (χ4n) is 1.62. The first-order chi connectivity index (χ1) is 8.36. The van der Waals surface area contributed by atoms with Crippen molar-refractivity contribution >= 4 is 16.0 Å². The van der Waals surface area contributed by atoms with Crippen LogP contribution in [0.1, 0.15) is 33.6 Å². The van der Waals surface area contributed by atoms with Gasteiger partial charge in [0.2, 0.25) is 10.0 Å². The van der Waals surface area contributed by atoms with Gasteiger partial charge in [0.25, 0.3) is 0 Å². The van der Waals surface area contributed by atoms with Gasteiger partial charge in [-0.05, 0) is 12.8 Å². The molecule has 7 heteroatoms. The zero-order valence-corrected chi connectivity index (χ0v) is 12.0. The Balaban J connectivity index is 4.22. The molecule has 0 bridgehead atoms. The van der Waals surface area contributed by atoms with Crippen molar-refractivity contribution in [3.05, 3.63) is 0 Å². The van der Waals surface area contributed by atoms with E-state index in [0.29, 0.717) is 0 Å². The minimum absolute atomic E-state index is 0.0512. The number of esters is 1. The highest BCUT2D eigenvalue weighted by atomic mass is 32.2. The maximum Gasteiger partial charge on any atom is 0.322 e. The monoisotopic (exact) mass is 281 g/mol. The maximum atomic E-state index is 11.5. The number of nitrogens with one attached hydrogen (secondary N) is 1. The van der Waals surface area contributed by atoms with Gasteiger partial charge in [-0.3, -0.25) is 4.79 Å². The largest absolute Gasteiger partial charge is 0.465 e. The minimum Gasteiger partial charge on any atom is -0.465 e. The van der Waals surface area contributed by atoms with Crippen molar-refractivity contribution in [1.29, 1.82) is 0 Å². The van der Waals surface area contributed by atoms with Crippen LogP contribution >= 0.6 is 0 Å². The second kappa shape index (κ2) is 8.44. The molecule has 0 spiro atoms. The van der Waals surface area contributed by atoms with E-state index in [-0.39, 0.29) is 19.1 Å². The van der Waals surface area contributed by atoms with Gasteiger partial charge >= 0.3 is 5.97 Å². The predicted molar refractivity (Wildman–Crippen MR) is 68.5 cm³/mol. The van der Waals surface area contributed by atoms with Crippen LogP contribution in [0, 0.1) is 5.92 Å². The number of hydrogen-bond acceptors (Lipinski definition) is 5. The van der Waals surface area contributed by atoms with Crippen molar-refractivity contribution in [3.63, 3.8) is 0 Å². The molecule has 0 aromatic rings. The Kier molecular flexibility index (Phi) is 8.13. The lowest BCUT2D eigenvalue weighted by molar-refractivity contribution is -0.139. The number of aliphatic hydroxyl groups is 1. The summed E-state index contributed by atoms with van der Waals surface area (Å²) in [5.74, 6) is -1.45. The van der Waals surface area contributed by atoms with Crippen LogP contribution in [0.2, 0.25) is 0 Å². The van der Waals surface area contributed by atoms with Crippen LogP contribution in [-0.4, -0.2) is 44.5 Å². The minimum atomic E-state index is -3.73. The summed E-state index contributed by atoms with van der Waals surface area (Å²) in [7, 11) is -3.73. The lowest BCUT2D eigenvalue weighted by Gasteiger charge is -2.20. The number of ether oxygens (including phenoxy) is 1. The molecule has 0 saturated carbocycles. The summed E-state index contributed by atoms with van der Waals surface area (Å²) < 4.78 is 29.8. The van der Waals surface area contributed by atoms with Crippen LogP contribution in [0.25, 0.3) is 0 Å². The van der Waals surface area contributed by atoms with Crippen molar-refractivity contribution in [1.82, 2.24) is 4.72 Å².